The number of carbonyl (C=O) groups is 2. The molecule has 0 fully saturated rings. The molecule has 0 bridgehead atoms. The highest BCUT2D eigenvalue weighted by Gasteiger charge is 2.12. The first kappa shape index (κ1) is 29.6. The Morgan fingerprint density at radius 3 is 1.69 bits per heavy atom. The molecule has 0 N–H and O–H groups in total. The summed E-state index contributed by atoms with van der Waals surface area (Å²) in [6.07, 6.45) is 16.1. The Bertz CT molecular complexity index is 870. The van der Waals surface area contributed by atoms with E-state index in [-0.39, 0.29) is 18.0 Å². The van der Waals surface area contributed by atoms with Gasteiger partial charge >= 0.3 is 11.9 Å². The minimum atomic E-state index is -0.289. The van der Waals surface area contributed by atoms with E-state index in [1.807, 2.05) is 43.3 Å². The fraction of sp³-hybridized carbons (Fsp3) is 0.562. The number of esters is 2. The van der Waals surface area contributed by atoms with Gasteiger partial charge in [-0.1, -0.05) is 109 Å². The van der Waals surface area contributed by atoms with Gasteiger partial charge in [-0.05, 0) is 55.2 Å². The zero-order valence-corrected chi connectivity index (χ0v) is 22.7. The van der Waals surface area contributed by atoms with Gasteiger partial charge in [0.2, 0.25) is 0 Å². The van der Waals surface area contributed by atoms with Gasteiger partial charge in [-0.2, -0.15) is 0 Å². The van der Waals surface area contributed by atoms with Crippen molar-refractivity contribution in [3.05, 3.63) is 54.1 Å². The fourth-order valence-corrected chi connectivity index (χ4v) is 4.35. The molecule has 0 heterocycles. The SMILES string of the molecule is CCCCCCCCCCCCCC(=O)Oc1ccc(-c2ccc(C(=O)OC(C)CCC)cc2)cc1. The highest BCUT2D eigenvalue weighted by Crippen LogP contribution is 2.24. The van der Waals surface area contributed by atoms with E-state index in [0.717, 1.165) is 36.8 Å². The van der Waals surface area contributed by atoms with Crippen LogP contribution in [0.25, 0.3) is 11.1 Å². The van der Waals surface area contributed by atoms with Crippen LogP contribution in [0.5, 0.6) is 5.75 Å². The van der Waals surface area contributed by atoms with Crippen LogP contribution in [-0.2, 0) is 9.53 Å². The molecule has 0 aliphatic carbocycles. The van der Waals surface area contributed by atoms with Crippen LogP contribution in [0.4, 0.5) is 0 Å². The van der Waals surface area contributed by atoms with Crippen molar-refractivity contribution in [1.82, 2.24) is 0 Å². The molecule has 4 nitrogen and oxygen atoms in total. The number of rotatable bonds is 18. The zero-order valence-electron chi connectivity index (χ0n) is 22.7. The van der Waals surface area contributed by atoms with Crippen molar-refractivity contribution in [2.45, 2.75) is 117 Å². The molecular weight excluding hydrogens is 448 g/mol. The quantitative estimate of drug-likeness (QED) is 0.118. The lowest BCUT2D eigenvalue weighted by Crippen LogP contribution is -2.14. The molecule has 0 amide bonds. The maximum atomic E-state index is 12.2. The molecule has 0 saturated carbocycles. The van der Waals surface area contributed by atoms with E-state index in [1.165, 1.54) is 57.8 Å². The van der Waals surface area contributed by atoms with Crippen LogP contribution in [0.2, 0.25) is 0 Å². The molecule has 0 spiro atoms. The highest BCUT2D eigenvalue weighted by molar-refractivity contribution is 5.90. The average Bonchev–Trinajstić information content (AvgIpc) is 2.88. The third kappa shape index (κ3) is 11.9. The third-order valence-electron chi connectivity index (χ3n) is 6.53. The molecule has 0 saturated heterocycles. The lowest BCUT2D eigenvalue weighted by molar-refractivity contribution is -0.134. The third-order valence-corrected chi connectivity index (χ3v) is 6.53. The highest BCUT2D eigenvalue weighted by atomic mass is 16.5. The second-order valence-electron chi connectivity index (χ2n) is 9.87. The first-order valence-corrected chi connectivity index (χ1v) is 14.2. The van der Waals surface area contributed by atoms with Gasteiger partial charge in [0.1, 0.15) is 5.75 Å². The van der Waals surface area contributed by atoms with E-state index >= 15 is 0 Å². The minimum absolute atomic E-state index is 0.0765. The number of hydrogen-bond donors (Lipinski definition) is 0. The summed E-state index contributed by atoms with van der Waals surface area (Å²) in [6.45, 7) is 6.25. The van der Waals surface area contributed by atoms with Crippen LogP contribution in [0.15, 0.2) is 48.5 Å². The normalized spacial score (nSPS) is 11.8. The van der Waals surface area contributed by atoms with E-state index in [4.69, 9.17) is 9.47 Å². The van der Waals surface area contributed by atoms with E-state index in [1.54, 1.807) is 12.1 Å². The van der Waals surface area contributed by atoms with Crippen LogP contribution < -0.4 is 4.74 Å². The summed E-state index contributed by atoms with van der Waals surface area (Å²) in [5.74, 6) is 0.110. The smallest absolute Gasteiger partial charge is 0.338 e. The topological polar surface area (TPSA) is 52.6 Å². The number of carbonyl (C=O) groups excluding carboxylic acids is 2. The summed E-state index contributed by atoms with van der Waals surface area (Å²) in [4.78, 5) is 24.4. The van der Waals surface area contributed by atoms with Gasteiger partial charge in [-0.3, -0.25) is 4.79 Å². The average molecular weight is 495 g/mol. The summed E-state index contributed by atoms with van der Waals surface area (Å²) < 4.78 is 11.0. The number of ether oxygens (including phenoxy) is 2. The molecule has 2 aromatic carbocycles. The Morgan fingerprint density at radius 2 is 1.17 bits per heavy atom. The number of benzene rings is 2. The number of hydrogen-bond acceptors (Lipinski definition) is 4. The largest absolute Gasteiger partial charge is 0.459 e. The van der Waals surface area contributed by atoms with Crippen LogP contribution >= 0.6 is 0 Å². The standard InChI is InChI=1S/C32H46O4/c1-4-6-7-8-9-10-11-12-13-14-15-17-31(33)36-30-24-22-28(23-25-30)27-18-20-29(21-19-27)32(34)35-26(3)16-5-2/h18-26H,4-17H2,1-3H3. The van der Waals surface area contributed by atoms with Gasteiger partial charge in [0.05, 0.1) is 11.7 Å². The maximum Gasteiger partial charge on any atom is 0.338 e. The number of unbranched alkanes of at least 4 members (excludes halogenated alkanes) is 10. The molecule has 0 aliphatic heterocycles. The molecule has 1 unspecified atom stereocenters. The second-order valence-corrected chi connectivity index (χ2v) is 9.87. The molecule has 1 atom stereocenters. The predicted molar refractivity (Wildman–Crippen MR) is 148 cm³/mol. The molecule has 0 aliphatic rings. The van der Waals surface area contributed by atoms with Gasteiger partial charge in [0.15, 0.2) is 0 Å². The molecule has 0 aromatic heterocycles. The zero-order chi connectivity index (χ0) is 26.0. The Hall–Kier alpha value is -2.62. The molecule has 36 heavy (non-hydrogen) atoms. The molecular formula is C32H46O4. The summed E-state index contributed by atoms with van der Waals surface area (Å²) in [7, 11) is 0. The van der Waals surface area contributed by atoms with Crippen molar-refractivity contribution < 1.29 is 19.1 Å². The van der Waals surface area contributed by atoms with Crippen molar-refractivity contribution in [2.75, 3.05) is 0 Å². The Morgan fingerprint density at radius 1 is 0.667 bits per heavy atom. The van der Waals surface area contributed by atoms with E-state index in [0.29, 0.717) is 17.7 Å². The molecule has 198 valence electrons. The predicted octanol–water partition coefficient (Wildman–Crippen LogP) is 9.31. The van der Waals surface area contributed by atoms with Crippen molar-refractivity contribution in [3.8, 4) is 16.9 Å². The van der Waals surface area contributed by atoms with E-state index in [9.17, 15) is 9.59 Å². The molecule has 4 heteroatoms. The van der Waals surface area contributed by atoms with Crippen LogP contribution in [0, 0.1) is 0 Å². The van der Waals surface area contributed by atoms with E-state index in [2.05, 4.69) is 13.8 Å². The van der Waals surface area contributed by atoms with Gasteiger partial charge in [-0.25, -0.2) is 4.79 Å². The first-order chi connectivity index (χ1) is 17.5. The fourth-order valence-electron chi connectivity index (χ4n) is 4.35. The second kappa shape index (κ2) is 17.8. The summed E-state index contributed by atoms with van der Waals surface area (Å²) >= 11 is 0. The maximum absolute atomic E-state index is 12.2. The van der Waals surface area contributed by atoms with Gasteiger partial charge in [-0.15, -0.1) is 0 Å². The van der Waals surface area contributed by atoms with Crippen LogP contribution in [0.3, 0.4) is 0 Å². The summed E-state index contributed by atoms with van der Waals surface area (Å²) in [6, 6.07) is 14.9. The van der Waals surface area contributed by atoms with Crippen molar-refractivity contribution in [2.24, 2.45) is 0 Å². The monoisotopic (exact) mass is 494 g/mol. The van der Waals surface area contributed by atoms with Gasteiger partial charge in [0.25, 0.3) is 0 Å². The Kier molecular flexibility index (Phi) is 14.6. The summed E-state index contributed by atoms with van der Waals surface area (Å²) in [5.41, 5.74) is 2.54. The lowest BCUT2D eigenvalue weighted by atomic mass is 10.0. The van der Waals surface area contributed by atoms with Gasteiger partial charge in [0, 0.05) is 6.42 Å². The lowest BCUT2D eigenvalue weighted by Gasteiger charge is -2.12. The van der Waals surface area contributed by atoms with Crippen molar-refractivity contribution in [3.63, 3.8) is 0 Å². The van der Waals surface area contributed by atoms with Crippen LogP contribution in [-0.4, -0.2) is 18.0 Å². The van der Waals surface area contributed by atoms with Crippen molar-refractivity contribution >= 4 is 11.9 Å². The summed E-state index contributed by atoms with van der Waals surface area (Å²) in [5, 5.41) is 0. The van der Waals surface area contributed by atoms with Crippen LogP contribution in [0.1, 0.15) is 121 Å². The van der Waals surface area contributed by atoms with Gasteiger partial charge < -0.3 is 9.47 Å². The first-order valence-electron chi connectivity index (χ1n) is 14.2. The minimum Gasteiger partial charge on any atom is -0.459 e. The van der Waals surface area contributed by atoms with Crippen molar-refractivity contribution in [1.29, 1.82) is 0 Å². The molecule has 2 aromatic rings. The Labute approximate surface area is 218 Å². The van der Waals surface area contributed by atoms with E-state index < -0.39 is 0 Å². The Balaban J connectivity index is 1.65. The molecule has 2 rings (SSSR count). The molecule has 0 radical (unpaired) electrons.